The van der Waals surface area contributed by atoms with Crippen molar-refractivity contribution < 1.29 is 27.9 Å². The Labute approximate surface area is 159 Å². The molecule has 0 spiro atoms. The largest absolute Gasteiger partial charge is 0.494 e. The topological polar surface area (TPSA) is 104 Å². The maximum Gasteiger partial charge on any atom is 0.326 e. The van der Waals surface area contributed by atoms with Gasteiger partial charge in [-0.2, -0.15) is 4.31 Å². The van der Waals surface area contributed by atoms with Crippen LogP contribution in [0.15, 0.2) is 29.2 Å². The molecule has 1 atom stereocenters. The van der Waals surface area contributed by atoms with Crippen LogP contribution in [0.1, 0.15) is 26.7 Å². The van der Waals surface area contributed by atoms with Gasteiger partial charge in [-0.3, -0.25) is 4.79 Å². The molecule has 1 aliphatic heterocycles. The van der Waals surface area contributed by atoms with Crippen molar-refractivity contribution in [1.29, 1.82) is 0 Å². The fourth-order valence-corrected chi connectivity index (χ4v) is 4.48. The lowest BCUT2D eigenvalue weighted by atomic mass is 9.96. The minimum absolute atomic E-state index is 0.187. The summed E-state index contributed by atoms with van der Waals surface area (Å²) in [6, 6.07) is 5.35. The van der Waals surface area contributed by atoms with Crippen molar-refractivity contribution in [2.45, 2.75) is 37.6 Å². The van der Waals surface area contributed by atoms with Gasteiger partial charge >= 0.3 is 5.97 Å². The summed E-state index contributed by atoms with van der Waals surface area (Å²) in [6.45, 7) is 4.25. The molecule has 0 aromatic heterocycles. The molecule has 8 nitrogen and oxygen atoms in total. The summed E-state index contributed by atoms with van der Waals surface area (Å²) in [5.74, 6) is -1.09. The first-order valence-corrected chi connectivity index (χ1v) is 10.3. The zero-order chi connectivity index (χ0) is 20.2. The second-order valence-electron chi connectivity index (χ2n) is 6.55. The third-order valence-electron chi connectivity index (χ3n) is 4.86. The van der Waals surface area contributed by atoms with E-state index in [1.54, 1.807) is 12.1 Å². The number of likely N-dealkylation sites (N-methyl/N-ethyl adjacent to an activating group) is 1. The molecular weight excluding hydrogens is 372 g/mol. The van der Waals surface area contributed by atoms with Crippen LogP contribution in [-0.2, 0) is 19.6 Å². The van der Waals surface area contributed by atoms with E-state index in [4.69, 9.17) is 9.84 Å². The number of carbonyl (C=O) groups excluding carboxylic acids is 1. The maximum absolute atomic E-state index is 12.8. The molecule has 1 N–H and O–H groups in total. The number of piperidine rings is 1. The van der Waals surface area contributed by atoms with Crippen LogP contribution in [0.25, 0.3) is 0 Å². The van der Waals surface area contributed by atoms with Gasteiger partial charge in [0.2, 0.25) is 15.9 Å². The monoisotopic (exact) mass is 398 g/mol. The quantitative estimate of drug-likeness (QED) is 0.745. The summed E-state index contributed by atoms with van der Waals surface area (Å²) in [5, 5.41) is 9.04. The van der Waals surface area contributed by atoms with E-state index in [1.165, 1.54) is 35.3 Å². The van der Waals surface area contributed by atoms with Gasteiger partial charge in [0.1, 0.15) is 11.8 Å². The minimum atomic E-state index is -3.63. The number of carboxylic acids is 1. The zero-order valence-electron chi connectivity index (χ0n) is 15.8. The van der Waals surface area contributed by atoms with Crippen molar-refractivity contribution in [1.82, 2.24) is 9.21 Å². The molecule has 1 amide bonds. The van der Waals surface area contributed by atoms with Gasteiger partial charge in [0, 0.05) is 26.1 Å². The van der Waals surface area contributed by atoms with Crippen molar-refractivity contribution >= 4 is 21.9 Å². The molecular formula is C18H26N2O6S. The number of hydrogen-bond acceptors (Lipinski definition) is 5. The van der Waals surface area contributed by atoms with Crippen LogP contribution in [0.2, 0.25) is 0 Å². The van der Waals surface area contributed by atoms with Gasteiger partial charge in [0.25, 0.3) is 0 Å². The molecule has 1 saturated heterocycles. The molecule has 1 aromatic carbocycles. The molecule has 1 aromatic rings. The molecule has 0 saturated carbocycles. The maximum atomic E-state index is 12.8. The van der Waals surface area contributed by atoms with Crippen LogP contribution in [0, 0.1) is 5.92 Å². The molecule has 0 bridgehead atoms. The third-order valence-corrected chi connectivity index (χ3v) is 6.77. The average Bonchev–Trinajstić information content (AvgIpc) is 2.67. The number of amides is 1. The zero-order valence-corrected chi connectivity index (χ0v) is 16.6. The second kappa shape index (κ2) is 8.71. The first-order valence-electron chi connectivity index (χ1n) is 8.91. The Balaban J connectivity index is 2.01. The van der Waals surface area contributed by atoms with Gasteiger partial charge in [-0.1, -0.05) is 0 Å². The molecule has 27 heavy (non-hydrogen) atoms. The van der Waals surface area contributed by atoms with Crippen molar-refractivity contribution in [2.24, 2.45) is 5.92 Å². The molecule has 1 fully saturated rings. The first kappa shape index (κ1) is 21.2. The van der Waals surface area contributed by atoms with E-state index in [2.05, 4.69) is 0 Å². The summed E-state index contributed by atoms with van der Waals surface area (Å²) < 4.78 is 32.2. The Bertz CT molecular complexity index is 770. The van der Waals surface area contributed by atoms with Crippen molar-refractivity contribution in [3.63, 3.8) is 0 Å². The van der Waals surface area contributed by atoms with E-state index in [9.17, 15) is 18.0 Å². The highest BCUT2D eigenvalue weighted by molar-refractivity contribution is 7.89. The lowest BCUT2D eigenvalue weighted by molar-refractivity contribution is -0.150. The van der Waals surface area contributed by atoms with E-state index in [0.717, 1.165) is 0 Å². The normalized spacial score (nSPS) is 17.3. The Morgan fingerprint density at radius 1 is 1.26 bits per heavy atom. The number of carbonyl (C=O) groups is 2. The lowest BCUT2D eigenvalue weighted by Gasteiger charge is -2.33. The van der Waals surface area contributed by atoms with Gasteiger partial charge in [0.15, 0.2) is 0 Å². The first-order chi connectivity index (χ1) is 12.7. The van der Waals surface area contributed by atoms with Crippen LogP contribution >= 0.6 is 0 Å². The fourth-order valence-electron chi connectivity index (χ4n) is 3.01. The number of rotatable bonds is 7. The highest BCUT2D eigenvalue weighted by atomic mass is 32.2. The van der Waals surface area contributed by atoms with E-state index in [-0.39, 0.29) is 29.8 Å². The molecule has 1 aliphatic rings. The summed E-state index contributed by atoms with van der Waals surface area (Å²) in [4.78, 5) is 24.9. The van der Waals surface area contributed by atoms with Crippen LogP contribution in [0.5, 0.6) is 5.75 Å². The third kappa shape index (κ3) is 4.78. The summed E-state index contributed by atoms with van der Waals surface area (Å²) >= 11 is 0. The van der Waals surface area contributed by atoms with Crippen LogP contribution < -0.4 is 4.74 Å². The molecule has 0 aliphatic carbocycles. The van der Waals surface area contributed by atoms with E-state index in [0.29, 0.717) is 25.2 Å². The number of aliphatic carboxylic acids is 1. The van der Waals surface area contributed by atoms with Gasteiger partial charge in [-0.15, -0.1) is 0 Å². The standard InChI is InChI=1S/C18H26N2O6S/c1-4-26-15-5-7-16(8-6-15)27(24,25)20-11-9-14(10-12-20)17(21)19(3)13(2)18(22)23/h5-8,13-14H,4,9-12H2,1-3H3,(H,22,23). The average molecular weight is 398 g/mol. The number of sulfonamides is 1. The summed E-state index contributed by atoms with van der Waals surface area (Å²) in [5.41, 5.74) is 0. The number of ether oxygens (including phenoxy) is 1. The van der Waals surface area contributed by atoms with E-state index >= 15 is 0 Å². The smallest absolute Gasteiger partial charge is 0.326 e. The number of benzene rings is 1. The van der Waals surface area contributed by atoms with Crippen LogP contribution in [-0.4, -0.2) is 67.4 Å². The molecule has 150 valence electrons. The Morgan fingerprint density at radius 2 is 1.81 bits per heavy atom. The summed E-state index contributed by atoms with van der Waals surface area (Å²) in [6.07, 6.45) is 0.734. The minimum Gasteiger partial charge on any atom is -0.494 e. The lowest BCUT2D eigenvalue weighted by Crippen LogP contribution is -2.47. The predicted molar refractivity (Wildman–Crippen MR) is 99.0 cm³/mol. The van der Waals surface area contributed by atoms with Crippen LogP contribution in [0.4, 0.5) is 0 Å². The molecule has 1 unspecified atom stereocenters. The number of carboxylic acid groups (broad SMARTS) is 1. The number of nitrogens with zero attached hydrogens (tertiary/aromatic N) is 2. The predicted octanol–water partition coefficient (Wildman–Crippen LogP) is 1.42. The van der Waals surface area contributed by atoms with E-state index < -0.39 is 22.0 Å². The van der Waals surface area contributed by atoms with E-state index in [1.807, 2.05) is 6.92 Å². The second-order valence-corrected chi connectivity index (χ2v) is 8.48. The van der Waals surface area contributed by atoms with Gasteiger partial charge in [-0.05, 0) is 51.0 Å². The van der Waals surface area contributed by atoms with Crippen molar-refractivity contribution in [3.05, 3.63) is 24.3 Å². The summed E-state index contributed by atoms with van der Waals surface area (Å²) in [7, 11) is -2.17. The molecule has 1 heterocycles. The highest BCUT2D eigenvalue weighted by Crippen LogP contribution is 2.26. The Kier molecular flexibility index (Phi) is 6.83. The van der Waals surface area contributed by atoms with Crippen molar-refractivity contribution in [3.8, 4) is 5.75 Å². The Hall–Kier alpha value is -2.13. The van der Waals surface area contributed by atoms with Gasteiger partial charge in [0.05, 0.1) is 11.5 Å². The molecule has 0 radical (unpaired) electrons. The van der Waals surface area contributed by atoms with Gasteiger partial charge in [-0.25, -0.2) is 13.2 Å². The molecule has 9 heteroatoms. The van der Waals surface area contributed by atoms with Crippen LogP contribution in [0.3, 0.4) is 0 Å². The number of hydrogen-bond donors (Lipinski definition) is 1. The van der Waals surface area contributed by atoms with Gasteiger partial charge < -0.3 is 14.7 Å². The van der Waals surface area contributed by atoms with Crippen molar-refractivity contribution in [2.75, 3.05) is 26.7 Å². The Morgan fingerprint density at radius 3 is 2.30 bits per heavy atom. The fraction of sp³-hybridized carbons (Fsp3) is 0.556. The SMILES string of the molecule is CCOc1ccc(S(=O)(=O)N2CCC(C(=O)N(C)C(C)C(=O)O)CC2)cc1. The molecule has 2 rings (SSSR count). The highest BCUT2D eigenvalue weighted by Gasteiger charge is 2.34.